The number of rotatable bonds is 0. The van der Waals surface area contributed by atoms with Gasteiger partial charge in [0.15, 0.2) is 11.6 Å². The van der Waals surface area contributed by atoms with Gasteiger partial charge in [-0.05, 0) is 15.9 Å². The highest BCUT2D eigenvalue weighted by Crippen LogP contribution is 2.41. The average molecular weight is 320 g/mol. The molecule has 0 aromatic heterocycles. The molecule has 0 atom stereocenters. The summed E-state index contributed by atoms with van der Waals surface area (Å²) in [6, 6.07) is 0. The third-order valence-corrected chi connectivity index (χ3v) is 3.07. The van der Waals surface area contributed by atoms with Gasteiger partial charge in [-0.3, -0.25) is 0 Å². The highest BCUT2D eigenvalue weighted by molar-refractivity contribution is 9.10. The van der Waals surface area contributed by atoms with Crippen molar-refractivity contribution in [2.45, 2.75) is 0 Å². The normalized spacial score (nSPS) is 17.2. The maximum Gasteiger partial charge on any atom is 0.470 e. The molecule has 0 fully saturated rings. The molecule has 0 radical (unpaired) electrons. The van der Waals surface area contributed by atoms with Crippen LogP contribution in [0.4, 0.5) is 18.9 Å². The zero-order valence-corrected chi connectivity index (χ0v) is 9.46. The molecular weight excluding hydrogens is 319 g/mol. The molecule has 16 heavy (non-hydrogen) atoms. The first kappa shape index (κ1) is 11.5. The Morgan fingerprint density at radius 2 is 1.75 bits per heavy atom. The van der Waals surface area contributed by atoms with Crippen LogP contribution in [0.5, 0.6) is 5.75 Å². The van der Waals surface area contributed by atoms with Gasteiger partial charge in [-0.2, -0.15) is 12.8 Å². The zero-order valence-electron chi connectivity index (χ0n) is 7.05. The minimum Gasteiger partial charge on any atom is -0.356 e. The van der Waals surface area contributed by atoms with E-state index in [4.69, 9.17) is 0 Å². The molecule has 1 heterocycles. The van der Waals surface area contributed by atoms with Gasteiger partial charge in [-0.1, -0.05) is 0 Å². The highest BCUT2D eigenvalue weighted by atomic mass is 79.9. The number of benzene rings is 1. The van der Waals surface area contributed by atoms with Crippen LogP contribution in [0.3, 0.4) is 0 Å². The van der Waals surface area contributed by atoms with Crippen LogP contribution in [0.25, 0.3) is 0 Å². The molecule has 0 saturated carbocycles. The lowest BCUT2D eigenvalue weighted by molar-refractivity contribution is 0.326. The van der Waals surface area contributed by atoms with Crippen molar-refractivity contribution in [2.75, 3.05) is 5.48 Å². The summed E-state index contributed by atoms with van der Waals surface area (Å²) in [5.74, 6) is -6.29. The fourth-order valence-corrected chi connectivity index (χ4v) is 2.18. The molecule has 1 N–H and O–H groups in total. The number of anilines is 1. The Bertz CT molecular complexity index is 576. The van der Waals surface area contributed by atoms with Crippen LogP contribution in [0, 0.1) is 17.5 Å². The van der Waals surface area contributed by atoms with E-state index in [0.717, 1.165) is 0 Å². The molecule has 0 unspecified atom stereocenters. The Labute approximate surface area is 95.6 Å². The van der Waals surface area contributed by atoms with Crippen molar-refractivity contribution in [3.05, 3.63) is 21.9 Å². The number of hydrogen-bond donors (Lipinski definition) is 1. The fraction of sp³-hybridized carbons (Fsp3) is 0. The Balaban J connectivity index is 2.79. The van der Waals surface area contributed by atoms with E-state index in [1.165, 1.54) is 0 Å². The summed E-state index contributed by atoms with van der Waals surface area (Å²) in [6.07, 6.45) is 0. The molecule has 1 aromatic carbocycles. The third-order valence-electron chi connectivity index (χ3n) is 1.65. The first-order chi connectivity index (χ1) is 7.33. The van der Waals surface area contributed by atoms with Crippen LogP contribution >= 0.6 is 15.9 Å². The Morgan fingerprint density at radius 3 is 2.38 bits per heavy atom. The van der Waals surface area contributed by atoms with Gasteiger partial charge in [0.05, 0.1) is 4.47 Å². The molecule has 1 aliphatic heterocycles. The zero-order chi connectivity index (χ0) is 12.1. The first-order valence-electron chi connectivity index (χ1n) is 3.58. The van der Waals surface area contributed by atoms with Crippen molar-refractivity contribution in [1.29, 1.82) is 0 Å². The van der Waals surface area contributed by atoms with Gasteiger partial charge in [0.1, 0.15) is 5.69 Å². The molecule has 2 rings (SSSR count). The van der Waals surface area contributed by atoms with Crippen LogP contribution in [0.1, 0.15) is 0 Å². The molecule has 88 valence electrons. The topological polar surface area (TPSA) is 64.6 Å². The van der Waals surface area contributed by atoms with E-state index in [9.17, 15) is 21.6 Å². The van der Waals surface area contributed by atoms with Crippen molar-refractivity contribution in [3.8, 4) is 5.75 Å². The molecule has 10 heteroatoms. The van der Waals surface area contributed by atoms with Gasteiger partial charge < -0.3 is 4.18 Å². The lowest BCUT2D eigenvalue weighted by Crippen LogP contribution is -2.14. The van der Waals surface area contributed by atoms with Crippen molar-refractivity contribution < 1.29 is 30.1 Å². The number of halogens is 4. The van der Waals surface area contributed by atoms with E-state index in [-0.39, 0.29) is 0 Å². The molecule has 1 aliphatic rings. The van der Waals surface area contributed by atoms with E-state index in [1.807, 2.05) is 0 Å². The summed E-state index contributed by atoms with van der Waals surface area (Å²) in [6.45, 7) is 0. The summed E-state index contributed by atoms with van der Waals surface area (Å²) < 4.78 is 68.5. The molecule has 0 aliphatic carbocycles. The fourth-order valence-electron chi connectivity index (χ4n) is 0.987. The smallest absolute Gasteiger partial charge is 0.356 e. The van der Waals surface area contributed by atoms with Crippen LogP contribution < -0.4 is 9.66 Å². The molecule has 5 nitrogen and oxygen atoms in total. The molecule has 1 aromatic rings. The van der Waals surface area contributed by atoms with Crippen molar-refractivity contribution in [1.82, 2.24) is 0 Å². The predicted octanol–water partition coefficient (Wildman–Crippen LogP) is 1.85. The summed E-state index contributed by atoms with van der Waals surface area (Å²) >= 11 is 2.65. The van der Waals surface area contributed by atoms with Crippen LogP contribution in [-0.2, 0) is 14.7 Å². The largest absolute Gasteiger partial charge is 0.470 e. The molecule has 0 saturated heterocycles. The highest BCUT2D eigenvalue weighted by Gasteiger charge is 2.32. The predicted molar refractivity (Wildman–Crippen MR) is 48.3 cm³/mol. The van der Waals surface area contributed by atoms with Crippen molar-refractivity contribution in [3.63, 3.8) is 0 Å². The summed E-state index contributed by atoms with van der Waals surface area (Å²) in [7, 11) is -4.63. The third kappa shape index (κ3) is 1.62. The first-order valence-corrected chi connectivity index (χ1v) is 5.71. The number of nitrogens with one attached hydrogen (secondary N) is 1. The van der Waals surface area contributed by atoms with E-state index in [1.54, 1.807) is 5.48 Å². The van der Waals surface area contributed by atoms with E-state index < -0.39 is 43.8 Å². The molecule has 0 spiro atoms. The van der Waals surface area contributed by atoms with Gasteiger partial charge >= 0.3 is 10.4 Å². The second kappa shape index (κ2) is 3.50. The maximum absolute atomic E-state index is 13.1. The Kier molecular flexibility index (Phi) is 2.51. The minimum atomic E-state index is -4.63. The van der Waals surface area contributed by atoms with Gasteiger partial charge in [-0.25, -0.2) is 14.3 Å². The lowest BCUT2D eigenvalue weighted by atomic mass is 10.2. The maximum atomic E-state index is 13.1. The van der Waals surface area contributed by atoms with Gasteiger partial charge in [0.2, 0.25) is 11.6 Å². The van der Waals surface area contributed by atoms with Crippen LogP contribution in [-0.4, -0.2) is 8.42 Å². The van der Waals surface area contributed by atoms with Crippen LogP contribution in [0.2, 0.25) is 0 Å². The average Bonchev–Trinajstić information content (AvgIpc) is 2.30. The van der Waals surface area contributed by atoms with Crippen molar-refractivity contribution in [2.24, 2.45) is 0 Å². The number of hydrogen-bond acceptors (Lipinski definition) is 5. The van der Waals surface area contributed by atoms with Crippen LogP contribution in [0.15, 0.2) is 4.47 Å². The minimum absolute atomic E-state index is 0.440. The molecule has 0 amide bonds. The van der Waals surface area contributed by atoms with Gasteiger partial charge in [0, 0.05) is 0 Å². The SMILES string of the molecule is O=S1(=O)ONc2c(F)c(F)c(F)c(c2Br)O1. The van der Waals surface area contributed by atoms with E-state index >= 15 is 0 Å². The summed E-state index contributed by atoms with van der Waals surface area (Å²) in [4.78, 5) is 0. The molecule has 2 bridgehead atoms. The number of fused-ring (bicyclic) bond motifs is 2. The van der Waals surface area contributed by atoms with Crippen molar-refractivity contribution >= 4 is 32.0 Å². The Morgan fingerprint density at radius 1 is 1.12 bits per heavy atom. The Hall–Kier alpha value is -1.000. The standard InChI is InChI=1S/C6HBrF3NO4S/c7-1-5-3(9)2(8)4(10)6(1)14-16(12,13)15-11-5/h11H. The summed E-state index contributed by atoms with van der Waals surface area (Å²) in [5.41, 5.74) is 0.887. The monoisotopic (exact) mass is 319 g/mol. The lowest BCUT2D eigenvalue weighted by Gasteiger charge is -2.06. The van der Waals surface area contributed by atoms with E-state index in [0.29, 0.717) is 0 Å². The van der Waals surface area contributed by atoms with Gasteiger partial charge in [-0.15, -0.1) is 4.28 Å². The van der Waals surface area contributed by atoms with E-state index in [2.05, 4.69) is 24.4 Å². The second-order valence-electron chi connectivity index (χ2n) is 2.64. The summed E-state index contributed by atoms with van der Waals surface area (Å²) in [5, 5.41) is 0. The second-order valence-corrected chi connectivity index (χ2v) is 4.58. The molecular formula is C6HBrF3NO4S. The van der Waals surface area contributed by atoms with Gasteiger partial charge in [0.25, 0.3) is 0 Å². The quantitative estimate of drug-likeness (QED) is 0.584.